The summed E-state index contributed by atoms with van der Waals surface area (Å²) in [6.45, 7) is 5.68. The first-order chi connectivity index (χ1) is 11.5. The molecule has 0 spiro atoms. The molecule has 4 nitrogen and oxygen atoms in total. The van der Waals surface area contributed by atoms with Crippen LogP contribution >= 0.6 is 0 Å². The number of nitrogens with zero attached hydrogens (tertiary/aromatic N) is 1. The number of ether oxygens (including phenoxy) is 1. The van der Waals surface area contributed by atoms with Crippen molar-refractivity contribution in [3.05, 3.63) is 53.6 Å². The molecule has 2 N–H and O–H groups in total. The van der Waals surface area contributed by atoms with Crippen LogP contribution in [0.3, 0.4) is 0 Å². The lowest BCUT2D eigenvalue weighted by Gasteiger charge is -2.28. The van der Waals surface area contributed by atoms with E-state index in [0.29, 0.717) is 0 Å². The molecule has 1 atom stereocenters. The van der Waals surface area contributed by atoms with Crippen molar-refractivity contribution in [2.45, 2.75) is 33.0 Å². The highest BCUT2D eigenvalue weighted by molar-refractivity contribution is 5.76. The van der Waals surface area contributed by atoms with Crippen molar-refractivity contribution in [2.24, 2.45) is 5.92 Å². The Kier molecular flexibility index (Phi) is 4.58. The van der Waals surface area contributed by atoms with Gasteiger partial charge in [0.2, 0.25) is 0 Å². The number of nitrogen functional groups attached to an aromatic ring is 1. The van der Waals surface area contributed by atoms with Crippen molar-refractivity contribution in [1.82, 2.24) is 4.90 Å². The van der Waals surface area contributed by atoms with Gasteiger partial charge in [0, 0.05) is 18.8 Å². The number of carbonyl (C=O) groups excluding carboxylic acids is 1. The van der Waals surface area contributed by atoms with E-state index in [0.717, 1.165) is 24.3 Å². The highest BCUT2D eigenvalue weighted by Gasteiger charge is 2.33. The third-order valence-electron chi connectivity index (χ3n) is 4.66. The lowest BCUT2D eigenvalue weighted by atomic mass is 10.0. The van der Waals surface area contributed by atoms with Gasteiger partial charge in [0.1, 0.15) is 6.04 Å². The van der Waals surface area contributed by atoms with E-state index in [2.05, 4.69) is 36.9 Å². The average molecular weight is 324 g/mol. The fourth-order valence-corrected chi connectivity index (χ4v) is 3.44. The van der Waals surface area contributed by atoms with E-state index in [1.807, 2.05) is 24.3 Å². The summed E-state index contributed by atoms with van der Waals surface area (Å²) < 4.78 is 5.00. The summed E-state index contributed by atoms with van der Waals surface area (Å²) in [5.41, 5.74) is 11.4. The molecule has 0 saturated carbocycles. The summed E-state index contributed by atoms with van der Waals surface area (Å²) in [6.07, 6.45) is 0. The number of carbonyl (C=O) groups is 1. The molecule has 0 amide bonds. The van der Waals surface area contributed by atoms with Gasteiger partial charge in [-0.05, 0) is 46.4 Å². The van der Waals surface area contributed by atoms with E-state index in [1.165, 1.54) is 23.8 Å². The first kappa shape index (κ1) is 16.5. The lowest BCUT2D eigenvalue weighted by Crippen LogP contribution is -2.42. The summed E-state index contributed by atoms with van der Waals surface area (Å²) in [4.78, 5) is 14.3. The zero-order valence-corrected chi connectivity index (χ0v) is 14.5. The van der Waals surface area contributed by atoms with E-state index >= 15 is 0 Å². The van der Waals surface area contributed by atoms with Crippen molar-refractivity contribution < 1.29 is 9.53 Å². The number of fused-ring (bicyclic) bond motifs is 1. The molecule has 3 rings (SSSR count). The van der Waals surface area contributed by atoms with Crippen molar-refractivity contribution in [3.8, 4) is 11.1 Å². The highest BCUT2D eigenvalue weighted by Crippen LogP contribution is 2.31. The van der Waals surface area contributed by atoms with Crippen LogP contribution in [0.5, 0.6) is 0 Å². The molecule has 1 aliphatic heterocycles. The Morgan fingerprint density at radius 2 is 1.67 bits per heavy atom. The standard InChI is InChI=1S/C20H24N2O2/c1-13(2)19(20(23)24-3)22-11-16-5-4-15(10-17(16)12-22)14-6-8-18(21)9-7-14/h4-10,13,19H,11-12,21H2,1-3H3. The number of methoxy groups -OCH3 is 1. The van der Waals surface area contributed by atoms with Crippen molar-refractivity contribution in [1.29, 1.82) is 0 Å². The summed E-state index contributed by atoms with van der Waals surface area (Å²) in [6, 6.07) is 14.2. The van der Waals surface area contributed by atoms with Gasteiger partial charge in [0.15, 0.2) is 0 Å². The number of hydrogen-bond donors (Lipinski definition) is 1. The minimum atomic E-state index is -0.206. The van der Waals surface area contributed by atoms with Crippen LogP contribution in [0.25, 0.3) is 11.1 Å². The van der Waals surface area contributed by atoms with Crippen LogP contribution in [-0.2, 0) is 22.6 Å². The maximum absolute atomic E-state index is 12.1. The normalized spacial score (nSPS) is 15.3. The second-order valence-corrected chi connectivity index (χ2v) is 6.72. The quantitative estimate of drug-likeness (QED) is 0.691. The molecule has 2 aromatic carbocycles. The third-order valence-corrected chi connectivity index (χ3v) is 4.66. The van der Waals surface area contributed by atoms with Gasteiger partial charge in [-0.2, -0.15) is 0 Å². The molecule has 0 saturated heterocycles. The molecule has 0 bridgehead atoms. The van der Waals surface area contributed by atoms with E-state index < -0.39 is 0 Å². The predicted molar refractivity (Wildman–Crippen MR) is 96.2 cm³/mol. The Balaban J connectivity index is 1.85. The van der Waals surface area contributed by atoms with Crippen LogP contribution in [0, 0.1) is 5.92 Å². The van der Waals surface area contributed by atoms with Crippen molar-refractivity contribution in [3.63, 3.8) is 0 Å². The lowest BCUT2D eigenvalue weighted by molar-refractivity contribution is -0.149. The minimum Gasteiger partial charge on any atom is -0.468 e. The number of nitrogens with two attached hydrogens (primary N) is 1. The fourth-order valence-electron chi connectivity index (χ4n) is 3.44. The molecular formula is C20H24N2O2. The Bertz CT molecular complexity index is 738. The Hall–Kier alpha value is -2.33. The Morgan fingerprint density at radius 1 is 1.04 bits per heavy atom. The number of rotatable bonds is 4. The van der Waals surface area contributed by atoms with E-state index in [1.54, 1.807) is 0 Å². The molecule has 24 heavy (non-hydrogen) atoms. The van der Waals surface area contributed by atoms with Crippen LogP contribution in [0.2, 0.25) is 0 Å². The van der Waals surface area contributed by atoms with E-state index in [4.69, 9.17) is 10.5 Å². The molecule has 4 heteroatoms. The monoisotopic (exact) mass is 324 g/mol. The van der Waals surface area contributed by atoms with Crippen LogP contribution in [0.15, 0.2) is 42.5 Å². The highest BCUT2D eigenvalue weighted by atomic mass is 16.5. The largest absolute Gasteiger partial charge is 0.468 e. The maximum Gasteiger partial charge on any atom is 0.323 e. The van der Waals surface area contributed by atoms with Crippen molar-refractivity contribution in [2.75, 3.05) is 12.8 Å². The fraction of sp³-hybridized carbons (Fsp3) is 0.350. The molecule has 0 aliphatic carbocycles. The van der Waals surface area contributed by atoms with E-state index in [-0.39, 0.29) is 17.9 Å². The van der Waals surface area contributed by atoms with Crippen LogP contribution in [-0.4, -0.2) is 24.0 Å². The molecule has 2 aromatic rings. The number of esters is 1. The molecule has 1 unspecified atom stereocenters. The summed E-state index contributed by atoms with van der Waals surface area (Å²) in [5.74, 6) is 0.0555. The first-order valence-electron chi connectivity index (χ1n) is 8.29. The van der Waals surface area contributed by atoms with Gasteiger partial charge in [0.05, 0.1) is 7.11 Å². The number of hydrogen-bond acceptors (Lipinski definition) is 4. The van der Waals surface area contributed by atoms with Crippen LogP contribution < -0.4 is 5.73 Å². The first-order valence-corrected chi connectivity index (χ1v) is 8.29. The van der Waals surface area contributed by atoms with Crippen LogP contribution in [0.4, 0.5) is 5.69 Å². The van der Waals surface area contributed by atoms with Gasteiger partial charge in [0.25, 0.3) is 0 Å². The molecule has 0 fully saturated rings. The SMILES string of the molecule is COC(=O)C(C(C)C)N1Cc2ccc(-c3ccc(N)cc3)cc2C1. The van der Waals surface area contributed by atoms with Gasteiger partial charge >= 0.3 is 5.97 Å². The summed E-state index contributed by atoms with van der Waals surface area (Å²) in [7, 11) is 1.46. The Labute approximate surface area is 143 Å². The molecule has 0 aromatic heterocycles. The predicted octanol–water partition coefficient (Wildman–Crippen LogP) is 3.45. The van der Waals surface area contributed by atoms with Gasteiger partial charge in [-0.25, -0.2) is 0 Å². The molecule has 1 aliphatic rings. The van der Waals surface area contributed by atoms with Gasteiger partial charge in [-0.3, -0.25) is 9.69 Å². The van der Waals surface area contributed by atoms with Gasteiger partial charge in [-0.15, -0.1) is 0 Å². The van der Waals surface area contributed by atoms with Crippen LogP contribution in [0.1, 0.15) is 25.0 Å². The smallest absolute Gasteiger partial charge is 0.323 e. The van der Waals surface area contributed by atoms with Crippen molar-refractivity contribution >= 4 is 11.7 Å². The van der Waals surface area contributed by atoms with E-state index in [9.17, 15) is 4.79 Å². The summed E-state index contributed by atoms with van der Waals surface area (Å²) in [5, 5.41) is 0. The zero-order valence-electron chi connectivity index (χ0n) is 14.5. The third kappa shape index (κ3) is 3.15. The minimum absolute atomic E-state index is 0.156. The molecular weight excluding hydrogens is 300 g/mol. The number of anilines is 1. The second-order valence-electron chi connectivity index (χ2n) is 6.72. The maximum atomic E-state index is 12.1. The average Bonchev–Trinajstić information content (AvgIpc) is 2.97. The Morgan fingerprint density at radius 3 is 2.29 bits per heavy atom. The second kappa shape index (κ2) is 6.65. The molecule has 126 valence electrons. The zero-order chi connectivity index (χ0) is 17.3. The topological polar surface area (TPSA) is 55.6 Å². The van der Waals surface area contributed by atoms with Gasteiger partial charge in [-0.1, -0.05) is 38.1 Å². The number of benzene rings is 2. The van der Waals surface area contributed by atoms with Gasteiger partial charge < -0.3 is 10.5 Å². The molecule has 0 radical (unpaired) electrons. The molecule has 1 heterocycles. The summed E-state index contributed by atoms with van der Waals surface area (Å²) >= 11 is 0.